The summed E-state index contributed by atoms with van der Waals surface area (Å²) in [5.74, 6) is -1.24. The van der Waals surface area contributed by atoms with E-state index in [1.54, 1.807) is 29.2 Å². The first kappa shape index (κ1) is 25.6. The Morgan fingerprint density at radius 1 is 1.24 bits per heavy atom. The van der Waals surface area contributed by atoms with Crippen molar-refractivity contribution in [2.24, 2.45) is 0 Å². The Kier molecular flexibility index (Phi) is 9.84. The molecule has 2 aliphatic heterocycles. The Morgan fingerprint density at radius 2 is 2.03 bits per heavy atom. The van der Waals surface area contributed by atoms with Gasteiger partial charge in [-0.2, -0.15) is 0 Å². The number of carbonyl (C=O) groups is 4. The van der Waals surface area contributed by atoms with Crippen LogP contribution in [0.4, 0.5) is 5.69 Å². The molecule has 186 valence electrons. The molecule has 2 saturated heterocycles. The van der Waals surface area contributed by atoms with Gasteiger partial charge in [0.2, 0.25) is 11.8 Å². The van der Waals surface area contributed by atoms with Gasteiger partial charge in [0.05, 0.1) is 25.7 Å². The number of esters is 1. The van der Waals surface area contributed by atoms with Crippen LogP contribution in [0.15, 0.2) is 24.3 Å². The molecule has 0 saturated carbocycles. The van der Waals surface area contributed by atoms with Crippen molar-refractivity contribution < 1.29 is 28.7 Å². The zero-order valence-electron chi connectivity index (χ0n) is 19.6. The maximum atomic E-state index is 12.6. The monoisotopic (exact) mass is 474 g/mol. The minimum atomic E-state index is -0.747. The van der Waals surface area contributed by atoms with Gasteiger partial charge in [-0.1, -0.05) is 13.3 Å². The van der Waals surface area contributed by atoms with Crippen LogP contribution >= 0.6 is 0 Å². The molecular weight excluding hydrogens is 440 g/mol. The van der Waals surface area contributed by atoms with E-state index >= 15 is 0 Å². The first-order valence-corrected chi connectivity index (χ1v) is 11.9. The predicted octanol–water partition coefficient (Wildman–Crippen LogP) is 1.07. The summed E-state index contributed by atoms with van der Waals surface area (Å²) in [5.41, 5.74) is 1.03. The molecule has 0 aliphatic carbocycles. The van der Waals surface area contributed by atoms with Crippen molar-refractivity contribution in [2.45, 2.75) is 51.2 Å². The van der Waals surface area contributed by atoms with E-state index < -0.39 is 12.0 Å². The molecule has 1 aromatic rings. The number of anilines is 1. The van der Waals surface area contributed by atoms with E-state index in [0.717, 1.165) is 32.3 Å². The summed E-state index contributed by atoms with van der Waals surface area (Å²) >= 11 is 0. The van der Waals surface area contributed by atoms with E-state index in [1.807, 2.05) is 6.92 Å². The molecule has 10 heteroatoms. The highest BCUT2D eigenvalue weighted by Crippen LogP contribution is 2.14. The van der Waals surface area contributed by atoms with Crippen LogP contribution in [-0.4, -0.2) is 80.1 Å². The molecule has 3 amide bonds. The highest BCUT2D eigenvalue weighted by Gasteiger charge is 2.33. The third-order valence-electron chi connectivity index (χ3n) is 5.85. The fourth-order valence-electron chi connectivity index (χ4n) is 3.92. The number of carbonyl (C=O) groups excluding carboxylic acids is 4. The van der Waals surface area contributed by atoms with Gasteiger partial charge in [0.1, 0.15) is 6.04 Å². The number of nitrogens with zero attached hydrogens (tertiary/aromatic N) is 1. The number of rotatable bonds is 11. The number of hydrogen-bond acceptors (Lipinski definition) is 7. The lowest BCUT2D eigenvalue weighted by molar-refractivity contribution is -0.149. The molecule has 3 rings (SSSR count). The van der Waals surface area contributed by atoms with E-state index in [1.165, 1.54) is 0 Å². The van der Waals surface area contributed by atoms with Crippen molar-refractivity contribution in [1.29, 1.82) is 0 Å². The molecule has 1 aromatic carbocycles. The predicted molar refractivity (Wildman–Crippen MR) is 125 cm³/mol. The van der Waals surface area contributed by atoms with Gasteiger partial charge >= 0.3 is 5.97 Å². The minimum absolute atomic E-state index is 0.0377. The van der Waals surface area contributed by atoms with Gasteiger partial charge in [0, 0.05) is 37.5 Å². The average Bonchev–Trinajstić information content (AvgIpc) is 3.34. The second kappa shape index (κ2) is 13.0. The van der Waals surface area contributed by atoms with Gasteiger partial charge < -0.3 is 25.4 Å². The summed E-state index contributed by atoms with van der Waals surface area (Å²) in [7, 11) is 0. The van der Waals surface area contributed by atoms with E-state index in [2.05, 4.69) is 16.0 Å². The topological polar surface area (TPSA) is 126 Å². The average molecular weight is 475 g/mol. The molecular formula is C24H34N4O6. The van der Waals surface area contributed by atoms with Crippen LogP contribution in [0.2, 0.25) is 0 Å². The first-order chi connectivity index (χ1) is 16.5. The summed E-state index contributed by atoms with van der Waals surface area (Å²) < 4.78 is 10.7. The van der Waals surface area contributed by atoms with Gasteiger partial charge in [-0.25, -0.2) is 0 Å². The molecule has 3 N–H and O–H groups in total. The quantitative estimate of drug-likeness (QED) is 0.323. The van der Waals surface area contributed by atoms with Gasteiger partial charge in [-0.15, -0.1) is 0 Å². The van der Waals surface area contributed by atoms with E-state index in [0.29, 0.717) is 37.5 Å². The Morgan fingerprint density at radius 3 is 2.74 bits per heavy atom. The third-order valence-corrected chi connectivity index (χ3v) is 5.85. The maximum Gasteiger partial charge on any atom is 0.307 e. The van der Waals surface area contributed by atoms with Crippen LogP contribution in [0, 0.1) is 0 Å². The molecule has 2 heterocycles. The van der Waals surface area contributed by atoms with Gasteiger partial charge in [0.15, 0.2) is 0 Å². The van der Waals surface area contributed by atoms with Crippen molar-refractivity contribution in [2.75, 3.05) is 44.7 Å². The number of piperazine rings is 1. The van der Waals surface area contributed by atoms with Gasteiger partial charge in [0.25, 0.3) is 5.91 Å². The molecule has 34 heavy (non-hydrogen) atoms. The number of ether oxygens (including phenoxy) is 2. The van der Waals surface area contributed by atoms with E-state index in [4.69, 9.17) is 9.47 Å². The standard InChI is InChI=1S/C24H34N4O6/c1-2-3-12-34-22(30)14-20-24(32)25-10-11-28(20)16-21(29)27-18-8-6-17(7-9-18)23(31)26-15-19-5-4-13-33-19/h6-9,19-20H,2-5,10-16H2,1H3,(H,25,32)(H,26,31)(H,27,29). The third kappa shape index (κ3) is 7.81. The Bertz CT molecular complexity index is 854. The normalized spacial score (nSPS) is 20.4. The van der Waals surface area contributed by atoms with E-state index in [-0.39, 0.29) is 36.8 Å². The Balaban J connectivity index is 1.48. The maximum absolute atomic E-state index is 12.6. The summed E-state index contributed by atoms with van der Waals surface area (Å²) in [5, 5.41) is 8.38. The lowest BCUT2D eigenvalue weighted by atomic mass is 10.1. The highest BCUT2D eigenvalue weighted by atomic mass is 16.5. The summed E-state index contributed by atoms with van der Waals surface area (Å²) in [6.07, 6.45) is 3.61. The molecule has 0 aromatic heterocycles. The van der Waals surface area contributed by atoms with Crippen LogP contribution in [0.5, 0.6) is 0 Å². The SMILES string of the molecule is CCCCOC(=O)CC1C(=O)NCCN1CC(=O)Nc1ccc(C(=O)NCC2CCCO2)cc1. The van der Waals surface area contributed by atoms with Crippen molar-refractivity contribution >= 4 is 29.4 Å². The van der Waals surface area contributed by atoms with E-state index in [9.17, 15) is 19.2 Å². The zero-order valence-corrected chi connectivity index (χ0v) is 19.6. The number of nitrogens with one attached hydrogen (secondary N) is 3. The molecule has 2 unspecified atom stereocenters. The van der Waals surface area contributed by atoms with Crippen molar-refractivity contribution in [1.82, 2.24) is 15.5 Å². The van der Waals surface area contributed by atoms with Gasteiger partial charge in [-0.05, 0) is 43.5 Å². The zero-order chi connectivity index (χ0) is 24.3. The van der Waals surface area contributed by atoms with Crippen molar-refractivity contribution in [3.8, 4) is 0 Å². The van der Waals surface area contributed by atoms with Gasteiger partial charge in [-0.3, -0.25) is 24.1 Å². The lowest BCUT2D eigenvalue weighted by Crippen LogP contribution is -2.57. The number of unbranched alkanes of at least 4 members (excludes halogenated alkanes) is 1. The molecule has 0 spiro atoms. The fraction of sp³-hybridized carbons (Fsp3) is 0.583. The van der Waals surface area contributed by atoms with Crippen molar-refractivity contribution in [3.63, 3.8) is 0 Å². The van der Waals surface area contributed by atoms with Crippen LogP contribution in [0.3, 0.4) is 0 Å². The summed E-state index contributed by atoms with van der Waals surface area (Å²) in [6, 6.07) is 5.85. The first-order valence-electron chi connectivity index (χ1n) is 11.9. The number of benzene rings is 1. The smallest absolute Gasteiger partial charge is 0.307 e. The highest BCUT2D eigenvalue weighted by molar-refractivity contribution is 5.96. The number of amides is 3. The van der Waals surface area contributed by atoms with Crippen LogP contribution < -0.4 is 16.0 Å². The second-order valence-electron chi connectivity index (χ2n) is 8.53. The van der Waals surface area contributed by atoms with Crippen LogP contribution in [0.25, 0.3) is 0 Å². The Hall–Kier alpha value is -2.98. The Labute approximate surface area is 199 Å². The molecule has 2 aliphatic rings. The molecule has 2 fully saturated rings. The molecule has 10 nitrogen and oxygen atoms in total. The summed E-state index contributed by atoms with van der Waals surface area (Å²) in [6.45, 7) is 4.36. The van der Waals surface area contributed by atoms with Crippen LogP contribution in [-0.2, 0) is 23.9 Å². The molecule has 0 bridgehead atoms. The largest absolute Gasteiger partial charge is 0.466 e. The van der Waals surface area contributed by atoms with Crippen LogP contribution in [0.1, 0.15) is 49.4 Å². The lowest BCUT2D eigenvalue weighted by Gasteiger charge is -2.33. The fourth-order valence-corrected chi connectivity index (χ4v) is 3.92. The minimum Gasteiger partial charge on any atom is -0.466 e. The molecule has 2 atom stereocenters. The molecule has 0 radical (unpaired) electrons. The second-order valence-corrected chi connectivity index (χ2v) is 8.53. The number of hydrogen-bond donors (Lipinski definition) is 3. The summed E-state index contributed by atoms with van der Waals surface area (Å²) in [4.78, 5) is 51.0. The van der Waals surface area contributed by atoms with Crippen molar-refractivity contribution in [3.05, 3.63) is 29.8 Å².